The first kappa shape index (κ1) is 14.5. The third-order valence-electron chi connectivity index (χ3n) is 4.80. The summed E-state index contributed by atoms with van der Waals surface area (Å²) in [5.41, 5.74) is 0.911. The highest BCUT2D eigenvalue weighted by molar-refractivity contribution is 7.98. The number of anilines is 1. The highest BCUT2D eigenvalue weighted by Gasteiger charge is 2.41. The summed E-state index contributed by atoms with van der Waals surface area (Å²) < 4.78 is 2.55. The zero-order chi connectivity index (χ0) is 15.3. The molecule has 3 atom stereocenters. The van der Waals surface area contributed by atoms with E-state index in [1.807, 2.05) is 24.1 Å². The van der Waals surface area contributed by atoms with Gasteiger partial charge in [0.25, 0.3) is 0 Å². The molecule has 0 unspecified atom stereocenters. The van der Waals surface area contributed by atoms with Crippen molar-refractivity contribution < 1.29 is 0 Å². The highest BCUT2D eigenvalue weighted by atomic mass is 35.5. The molecule has 2 aliphatic rings. The molecule has 4 rings (SSSR count). The maximum Gasteiger partial charge on any atom is 0.139 e. The molecule has 4 heterocycles. The molecule has 2 aromatic rings. The molecule has 0 saturated carbocycles. The minimum atomic E-state index is 0.506. The zero-order valence-electron chi connectivity index (χ0n) is 12.7. The average molecular weight is 335 g/mol. The van der Waals surface area contributed by atoms with Gasteiger partial charge in [0.2, 0.25) is 0 Å². The molecule has 0 spiro atoms. The number of aromatic nitrogens is 2. The fourth-order valence-corrected chi connectivity index (χ4v) is 4.90. The maximum absolute atomic E-state index is 6.21. The number of piperidine rings is 1. The van der Waals surface area contributed by atoms with E-state index in [0.29, 0.717) is 23.3 Å². The Bertz CT molecular complexity index is 702. The number of nitrogens with zero attached hydrogens (tertiary/aromatic N) is 4. The van der Waals surface area contributed by atoms with Crippen LogP contribution >= 0.6 is 23.5 Å². The lowest BCUT2D eigenvalue weighted by Gasteiger charge is -2.51. The summed E-state index contributed by atoms with van der Waals surface area (Å²) >= 11 is 8.19. The summed E-state index contributed by atoms with van der Waals surface area (Å²) in [5.74, 6) is 2.20. The molecule has 4 nitrogen and oxygen atoms in total. The first-order valence-electron chi connectivity index (χ1n) is 7.69. The van der Waals surface area contributed by atoms with Crippen molar-refractivity contribution in [3.05, 3.63) is 29.5 Å². The van der Waals surface area contributed by atoms with Gasteiger partial charge in [-0.3, -0.25) is 4.98 Å². The third-order valence-corrected chi connectivity index (χ3v) is 6.48. The van der Waals surface area contributed by atoms with E-state index in [9.17, 15) is 0 Å². The van der Waals surface area contributed by atoms with Gasteiger partial charge in [-0.2, -0.15) is 0 Å². The summed E-state index contributed by atoms with van der Waals surface area (Å²) in [6.07, 6.45) is 4.16. The van der Waals surface area contributed by atoms with E-state index in [4.69, 9.17) is 11.6 Å². The van der Waals surface area contributed by atoms with Gasteiger partial charge in [-0.05, 0) is 31.9 Å². The van der Waals surface area contributed by atoms with Crippen molar-refractivity contribution in [2.24, 2.45) is 0 Å². The molecule has 2 fully saturated rings. The lowest BCUT2D eigenvalue weighted by atomic mass is 9.93. The number of halogens is 1. The molecule has 0 aliphatic carbocycles. The lowest BCUT2D eigenvalue weighted by Crippen LogP contribution is -2.56. The van der Waals surface area contributed by atoms with Crippen molar-refractivity contribution in [1.29, 1.82) is 0 Å². The number of fused-ring (bicyclic) bond motifs is 2. The summed E-state index contributed by atoms with van der Waals surface area (Å²) in [6, 6.07) is 7.71. The smallest absolute Gasteiger partial charge is 0.139 e. The van der Waals surface area contributed by atoms with Crippen LogP contribution in [0.2, 0.25) is 5.15 Å². The van der Waals surface area contributed by atoms with Crippen LogP contribution in [0.5, 0.6) is 0 Å². The Hall–Kier alpha value is -1.04. The first-order valence-corrected chi connectivity index (χ1v) is 9.01. The standard InChI is InChI=1S/C16H19ClN4S/c1-10-6-11(7-12-9-22-21(10)12)20(2)16-13-4-3-5-18-14(13)8-15(17)19-16/h3-5,8,10-12H,6-7,9H2,1-2H3/t10-,11-,12-/m1/s1. The van der Waals surface area contributed by atoms with Crippen LogP contribution in [0.15, 0.2) is 24.4 Å². The molecule has 22 heavy (non-hydrogen) atoms. The van der Waals surface area contributed by atoms with Gasteiger partial charge < -0.3 is 4.90 Å². The molecule has 2 aliphatic heterocycles. The number of hydrogen-bond acceptors (Lipinski definition) is 5. The second kappa shape index (κ2) is 5.55. The Kier molecular flexibility index (Phi) is 3.67. The highest BCUT2D eigenvalue weighted by Crippen LogP contribution is 2.41. The van der Waals surface area contributed by atoms with Gasteiger partial charge in [0.1, 0.15) is 11.0 Å². The van der Waals surface area contributed by atoms with Gasteiger partial charge in [0, 0.05) is 48.6 Å². The van der Waals surface area contributed by atoms with Crippen molar-refractivity contribution in [3.8, 4) is 0 Å². The van der Waals surface area contributed by atoms with Crippen molar-refractivity contribution in [2.75, 3.05) is 17.7 Å². The minimum Gasteiger partial charge on any atom is -0.356 e. The van der Waals surface area contributed by atoms with Crippen LogP contribution in [0.4, 0.5) is 5.82 Å². The van der Waals surface area contributed by atoms with Crippen molar-refractivity contribution in [3.63, 3.8) is 0 Å². The van der Waals surface area contributed by atoms with Gasteiger partial charge in [-0.1, -0.05) is 23.5 Å². The Balaban J connectivity index is 1.69. The van der Waals surface area contributed by atoms with Crippen LogP contribution in [0, 0.1) is 0 Å². The molecule has 0 bridgehead atoms. The van der Waals surface area contributed by atoms with Crippen LogP contribution in [-0.4, -0.2) is 45.2 Å². The predicted octanol–water partition coefficient (Wildman–Crippen LogP) is 3.60. The molecule has 0 radical (unpaired) electrons. The molecule has 0 amide bonds. The quantitative estimate of drug-likeness (QED) is 0.619. The molecular formula is C16H19ClN4S. The average Bonchev–Trinajstić information content (AvgIpc) is 2.47. The maximum atomic E-state index is 6.21. The van der Waals surface area contributed by atoms with Gasteiger partial charge >= 0.3 is 0 Å². The van der Waals surface area contributed by atoms with Crippen molar-refractivity contribution >= 4 is 40.3 Å². The van der Waals surface area contributed by atoms with E-state index in [1.54, 1.807) is 6.20 Å². The van der Waals surface area contributed by atoms with E-state index < -0.39 is 0 Å². The molecule has 116 valence electrons. The van der Waals surface area contributed by atoms with E-state index in [-0.39, 0.29) is 0 Å². The molecule has 6 heteroatoms. The van der Waals surface area contributed by atoms with E-state index in [1.165, 1.54) is 12.2 Å². The lowest BCUT2D eigenvalue weighted by molar-refractivity contribution is 0.179. The SMILES string of the molecule is C[C@@H]1C[C@@H](N(C)c2nc(Cl)cc3ncccc23)C[C@@H]2CSN21. The Morgan fingerprint density at radius 3 is 3.00 bits per heavy atom. The summed E-state index contributed by atoms with van der Waals surface area (Å²) in [6.45, 7) is 2.32. The first-order chi connectivity index (χ1) is 10.6. The van der Waals surface area contributed by atoms with Crippen molar-refractivity contribution in [1.82, 2.24) is 14.3 Å². The van der Waals surface area contributed by atoms with Crippen LogP contribution in [-0.2, 0) is 0 Å². The largest absolute Gasteiger partial charge is 0.356 e. The summed E-state index contributed by atoms with van der Waals surface area (Å²) in [7, 11) is 2.14. The number of rotatable bonds is 2. The van der Waals surface area contributed by atoms with Crippen LogP contribution < -0.4 is 4.90 Å². The molecule has 0 aromatic carbocycles. The molecule has 2 saturated heterocycles. The topological polar surface area (TPSA) is 32.3 Å². The summed E-state index contributed by atoms with van der Waals surface area (Å²) in [5, 5.41) is 1.59. The Morgan fingerprint density at radius 1 is 1.41 bits per heavy atom. The van der Waals surface area contributed by atoms with E-state index in [2.05, 4.69) is 39.2 Å². The van der Waals surface area contributed by atoms with Crippen molar-refractivity contribution in [2.45, 2.75) is 37.9 Å². The van der Waals surface area contributed by atoms with E-state index >= 15 is 0 Å². The Morgan fingerprint density at radius 2 is 2.27 bits per heavy atom. The second-order valence-corrected chi connectivity index (χ2v) is 7.63. The number of hydrogen-bond donors (Lipinski definition) is 0. The normalized spacial score (nSPS) is 28.2. The van der Waals surface area contributed by atoms with Crippen LogP contribution in [0.3, 0.4) is 0 Å². The number of pyridine rings is 2. The van der Waals surface area contributed by atoms with E-state index in [0.717, 1.165) is 23.1 Å². The minimum absolute atomic E-state index is 0.506. The van der Waals surface area contributed by atoms with Crippen LogP contribution in [0.1, 0.15) is 19.8 Å². The molecular weight excluding hydrogens is 316 g/mol. The predicted molar refractivity (Wildman–Crippen MR) is 93.5 cm³/mol. The van der Waals surface area contributed by atoms with Gasteiger partial charge in [-0.25, -0.2) is 9.29 Å². The fourth-order valence-electron chi connectivity index (χ4n) is 3.62. The zero-order valence-corrected chi connectivity index (χ0v) is 14.3. The second-order valence-electron chi connectivity index (χ2n) is 6.23. The van der Waals surface area contributed by atoms with Gasteiger partial charge in [0.15, 0.2) is 0 Å². The van der Waals surface area contributed by atoms with Gasteiger partial charge in [-0.15, -0.1) is 0 Å². The van der Waals surface area contributed by atoms with Crippen LogP contribution in [0.25, 0.3) is 10.9 Å². The monoisotopic (exact) mass is 334 g/mol. The molecule has 2 aromatic heterocycles. The van der Waals surface area contributed by atoms with Gasteiger partial charge in [0.05, 0.1) is 5.52 Å². The Labute approximate surface area is 140 Å². The molecule has 0 N–H and O–H groups in total. The third kappa shape index (κ3) is 2.36. The summed E-state index contributed by atoms with van der Waals surface area (Å²) in [4.78, 5) is 11.3. The fraction of sp³-hybridized carbons (Fsp3) is 0.500.